The quantitative estimate of drug-likeness (QED) is 0.742. The first-order valence-electron chi connectivity index (χ1n) is 4.70. The molecular weight excluding hydrogens is 194 g/mol. The first kappa shape index (κ1) is 9.71. The Hall–Kier alpha value is -1.84. The lowest BCUT2D eigenvalue weighted by Gasteiger charge is -2.18. The molecule has 78 valence electrons. The molecule has 1 aromatic rings. The zero-order valence-corrected chi connectivity index (χ0v) is 8.37. The van der Waals surface area contributed by atoms with Crippen LogP contribution in [0.1, 0.15) is 22.3 Å². The van der Waals surface area contributed by atoms with Crippen molar-refractivity contribution in [3.63, 3.8) is 0 Å². The maximum absolute atomic E-state index is 11.1. The van der Waals surface area contributed by atoms with Crippen LogP contribution in [0.3, 0.4) is 0 Å². The molecule has 0 aliphatic carbocycles. The minimum Gasteiger partial charge on any atom is -0.496 e. The van der Waals surface area contributed by atoms with Crippen LogP contribution in [-0.2, 0) is 11.2 Å². The number of aryl methyl sites for hydroxylation is 1. The Kier molecular flexibility index (Phi) is 2.41. The zero-order chi connectivity index (χ0) is 10.8. The van der Waals surface area contributed by atoms with Gasteiger partial charge in [-0.3, -0.25) is 9.59 Å². The number of carbonyl (C=O) groups is 2. The smallest absolute Gasteiger partial charge is 0.224 e. The molecule has 1 N–H and O–H groups in total. The molecule has 4 nitrogen and oxygen atoms in total. The predicted octanol–water partition coefficient (Wildman–Crippen LogP) is 1.39. The van der Waals surface area contributed by atoms with Crippen molar-refractivity contribution in [1.82, 2.24) is 0 Å². The van der Waals surface area contributed by atoms with Crippen molar-refractivity contribution in [3.05, 3.63) is 23.3 Å². The molecule has 0 aromatic heterocycles. The maximum atomic E-state index is 11.1. The minimum absolute atomic E-state index is 0.00971. The number of nitrogens with one attached hydrogen (secondary N) is 1. The topological polar surface area (TPSA) is 55.4 Å². The summed E-state index contributed by atoms with van der Waals surface area (Å²) in [6, 6.07) is 3.46. The summed E-state index contributed by atoms with van der Waals surface area (Å²) in [6.45, 7) is 0. The fourth-order valence-corrected chi connectivity index (χ4v) is 1.69. The number of amides is 1. The molecule has 1 aliphatic rings. The molecule has 1 aromatic carbocycles. The number of carbonyl (C=O) groups excluding carboxylic acids is 2. The SMILES string of the molecule is COc1cc2c(cc1C=O)NC(=O)CC2. The van der Waals surface area contributed by atoms with Gasteiger partial charge < -0.3 is 10.1 Å². The standard InChI is InChI=1S/C11H11NO3/c1-15-10-5-7-2-3-11(14)12-9(7)4-8(10)6-13/h4-6H,2-3H2,1H3,(H,12,14). The third-order valence-corrected chi connectivity index (χ3v) is 2.48. The lowest BCUT2D eigenvalue weighted by Crippen LogP contribution is -2.19. The summed E-state index contributed by atoms with van der Waals surface area (Å²) in [5.74, 6) is 0.546. The second kappa shape index (κ2) is 3.73. The highest BCUT2D eigenvalue weighted by Crippen LogP contribution is 2.29. The van der Waals surface area contributed by atoms with Crippen molar-refractivity contribution in [2.75, 3.05) is 12.4 Å². The van der Waals surface area contributed by atoms with Gasteiger partial charge >= 0.3 is 0 Å². The third-order valence-electron chi connectivity index (χ3n) is 2.48. The number of fused-ring (bicyclic) bond motifs is 1. The third kappa shape index (κ3) is 1.70. The highest BCUT2D eigenvalue weighted by Gasteiger charge is 2.17. The Balaban J connectivity index is 2.49. The van der Waals surface area contributed by atoms with E-state index >= 15 is 0 Å². The Labute approximate surface area is 87.2 Å². The number of benzene rings is 1. The van der Waals surface area contributed by atoms with Gasteiger partial charge in [-0.1, -0.05) is 0 Å². The van der Waals surface area contributed by atoms with Gasteiger partial charge in [0.2, 0.25) is 5.91 Å². The highest BCUT2D eigenvalue weighted by atomic mass is 16.5. The van der Waals surface area contributed by atoms with Crippen LogP contribution in [0.2, 0.25) is 0 Å². The van der Waals surface area contributed by atoms with Crippen LogP contribution >= 0.6 is 0 Å². The normalized spacial score (nSPS) is 14.1. The van der Waals surface area contributed by atoms with Crippen LogP contribution in [0.25, 0.3) is 0 Å². The molecule has 1 amide bonds. The number of ether oxygens (including phenoxy) is 1. The van der Waals surface area contributed by atoms with Crippen molar-refractivity contribution in [3.8, 4) is 5.75 Å². The van der Waals surface area contributed by atoms with E-state index in [4.69, 9.17) is 4.74 Å². The Morgan fingerprint density at radius 3 is 2.87 bits per heavy atom. The van der Waals surface area contributed by atoms with Crippen LogP contribution in [0, 0.1) is 0 Å². The van der Waals surface area contributed by atoms with E-state index < -0.39 is 0 Å². The van der Waals surface area contributed by atoms with Gasteiger partial charge in [0.1, 0.15) is 5.75 Å². The van der Waals surface area contributed by atoms with E-state index in [-0.39, 0.29) is 5.91 Å². The first-order chi connectivity index (χ1) is 7.24. The predicted molar refractivity (Wildman–Crippen MR) is 55.3 cm³/mol. The average Bonchev–Trinajstić information content (AvgIpc) is 2.27. The number of hydrogen-bond donors (Lipinski definition) is 1. The summed E-state index contributed by atoms with van der Waals surface area (Å²) in [7, 11) is 1.52. The van der Waals surface area contributed by atoms with Gasteiger partial charge in [-0.25, -0.2) is 0 Å². The van der Waals surface area contributed by atoms with Gasteiger partial charge in [0.25, 0.3) is 0 Å². The Bertz CT molecular complexity index is 426. The van der Waals surface area contributed by atoms with Crippen molar-refractivity contribution in [2.24, 2.45) is 0 Å². The fourth-order valence-electron chi connectivity index (χ4n) is 1.69. The molecule has 0 unspecified atom stereocenters. The molecule has 1 aliphatic heterocycles. The number of hydrogen-bond acceptors (Lipinski definition) is 3. The van der Waals surface area contributed by atoms with Crippen LogP contribution in [0.5, 0.6) is 5.75 Å². The molecule has 0 atom stereocenters. The summed E-state index contributed by atoms with van der Waals surface area (Å²) in [6.07, 6.45) is 1.90. The molecule has 2 rings (SSSR count). The van der Waals surface area contributed by atoms with E-state index in [2.05, 4.69) is 5.32 Å². The average molecular weight is 205 g/mol. The monoisotopic (exact) mass is 205 g/mol. The summed E-state index contributed by atoms with van der Waals surface area (Å²) in [4.78, 5) is 21.9. The highest BCUT2D eigenvalue weighted by molar-refractivity contribution is 5.95. The van der Waals surface area contributed by atoms with Crippen LogP contribution in [0.15, 0.2) is 12.1 Å². The number of aldehydes is 1. The maximum Gasteiger partial charge on any atom is 0.224 e. The fraction of sp³-hybridized carbons (Fsp3) is 0.273. The second-order valence-electron chi connectivity index (χ2n) is 3.42. The lowest BCUT2D eigenvalue weighted by molar-refractivity contribution is -0.116. The van der Waals surface area contributed by atoms with E-state index in [9.17, 15) is 9.59 Å². The molecule has 1 heterocycles. The molecule has 0 saturated heterocycles. The summed E-state index contributed by atoms with van der Waals surface area (Å²) >= 11 is 0. The second-order valence-corrected chi connectivity index (χ2v) is 3.42. The van der Waals surface area contributed by atoms with Gasteiger partial charge in [-0.05, 0) is 24.1 Å². The van der Waals surface area contributed by atoms with Gasteiger partial charge in [0.15, 0.2) is 6.29 Å². The molecule has 0 bridgehead atoms. The van der Waals surface area contributed by atoms with E-state index in [1.54, 1.807) is 12.1 Å². The molecular formula is C11H11NO3. The number of anilines is 1. The Morgan fingerprint density at radius 1 is 1.40 bits per heavy atom. The number of methoxy groups -OCH3 is 1. The summed E-state index contributed by atoms with van der Waals surface area (Å²) < 4.78 is 5.09. The van der Waals surface area contributed by atoms with Crippen LogP contribution in [-0.4, -0.2) is 19.3 Å². The molecule has 0 radical (unpaired) electrons. The van der Waals surface area contributed by atoms with Crippen molar-refractivity contribution in [2.45, 2.75) is 12.8 Å². The van der Waals surface area contributed by atoms with Gasteiger partial charge in [-0.15, -0.1) is 0 Å². The number of rotatable bonds is 2. The molecule has 0 spiro atoms. The summed E-state index contributed by atoms with van der Waals surface area (Å²) in [5.41, 5.74) is 2.18. The van der Waals surface area contributed by atoms with E-state index in [1.807, 2.05) is 0 Å². The van der Waals surface area contributed by atoms with E-state index in [1.165, 1.54) is 7.11 Å². The van der Waals surface area contributed by atoms with Gasteiger partial charge in [0, 0.05) is 12.1 Å². The minimum atomic E-state index is -0.00971. The van der Waals surface area contributed by atoms with E-state index in [0.29, 0.717) is 29.8 Å². The first-order valence-corrected chi connectivity index (χ1v) is 4.70. The van der Waals surface area contributed by atoms with Crippen molar-refractivity contribution < 1.29 is 14.3 Å². The molecule has 4 heteroatoms. The van der Waals surface area contributed by atoms with Gasteiger partial charge in [-0.2, -0.15) is 0 Å². The van der Waals surface area contributed by atoms with E-state index in [0.717, 1.165) is 11.8 Å². The molecule has 0 saturated carbocycles. The lowest BCUT2D eigenvalue weighted by atomic mass is 10.0. The molecule has 0 fully saturated rings. The molecule has 15 heavy (non-hydrogen) atoms. The van der Waals surface area contributed by atoms with Crippen molar-refractivity contribution >= 4 is 17.9 Å². The van der Waals surface area contributed by atoms with Gasteiger partial charge in [0.05, 0.1) is 12.7 Å². The van der Waals surface area contributed by atoms with Crippen LogP contribution in [0.4, 0.5) is 5.69 Å². The zero-order valence-electron chi connectivity index (χ0n) is 8.37. The largest absolute Gasteiger partial charge is 0.496 e. The van der Waals surface area contributed by atoms with Crippen molar-refractivity contribution in [1.29, 1.82) is 0 Å². The van der Waals surface area contributed by atoms with Crippen LogP contribution < -0.4 is 10.1 Å². The summed E-state index contributed by atoms with van der Waals surface area (Å²) in [5, 5.41) is 2.73. The Morgan fingerprint density at radius 2 is 2.20 bits per heavy atom.